The van der Waals surface area contributed by atoms with Gasteiger partial charge in [-0.25, -0.2) is 0 Å². The van der Waals surface area contributed by atoms with Crippen molar-refractivity contribution in [2.75, 3.05) is 5.73 Å². The van der Waals surface area contributed by atoms with E-state index < -0.39 is 0 Å². The molecule has 0 radical (unpaired) electrons. The Morgan fingerprint density at radius 3 is 2.74 bits per heavy atom. The molecule has 3 rings (SSSR count). The summed E-state index contributed by atoms with van der Waals surface area (Å²) in [5, 5.41) is 1.65. The smallest absolute Gasteiger partial charge is 0.153 e. The first-order chi connectivity index (χ1) is 9.19. The number of furan rings is 1. The molecule has 96 valence electrons. The van der Waals surface area contributed by atoms with Crippen molar-refractivity contribution in [3.63, 3.8) is 0 Å². The molecule has 0 unspecified atom stereocenters. The van der Waals surface area contributed by atoms with Crippen LogP contribution in [0, 0.1) is 0 Å². The van der Waals surface area contributed by atoms with Gasteiger partial charge in [0.1, 0.15) is 5.76 Å². The molecule has 3 heteroatoms. The Morgan fingerprint density at radius 1 is 1.16 bits per heavy atom. The first-order valence-electron chi connectivity index (χ1n) is 6.26. The molecule has 1 aromatic heterocycles. The highest BCUT2D eigenvalue weighted by Gasteiger charge is 2.09. The lowest BCUT2D eigenvalue weighted by Gasteiger charge is -2.04. The molecule has 0 aliphatic heterocycles. The topological polar surface area (TPSA) is 39.2 Å². The van der Waals surface area contributed by atoms with Crippen molar-refractivity contribution in [1.29, 1.82) is 0 Å². The predicted octanol–water partition coefficient (Wildman–Crippen LogP) is 4.90. The highest BCUT2D eigenvalue weighted by atomic mass is 35.5. The van der Waals surface area contributed by atoms with Gasteiger partial charge in [-0.1, -0.05) is 30.7 Å². The van der Waals surface area contributed by atoms with E-state index in [1.54, 1.807) is 0 Å². The van der Waals surface area contributed by atoms with Crippen LogP contribution in [0.2, 0.25) is 5.02 Å². The fourth-order valence-corrected chi connectivity index (χ4v) is 2.46. The number of nitrogen functional groups attached to an aromatic ring is 1. The molecule has 2 aromatic carbocycles. The molecule has 1 heterocycles. The zero-order valence-corrected chi connectivity index (χ0v) is 11.4. The van der Waals surface area contributed by atoms with E-state index in [4.69, 9.17) is 21.8 Å². The number of fused-ring (bicyclic) bond motifs is 1. The van der Waals surface area contributed by atoms with E-state index in [-0.39, 0.29) is 0 Å². The van der Waals surface area contributed by atoms with Crippen molar-refractivity contribution in [1.82, 2.24) is 0 Å². The maximum atomic E-state index is 6.13. The third-order valence-electron chi connectivity index (χ3n) is 3.30. The molecule has 0 saturated heterocycles. The lowest BCUT2D eigenvalue weighted by Crippen LogP contribution is -1.92. The molecule has 0 amide bonds. The molecule has 2 N–H and O–H groups in total. The summed E-state index contributed by atoms with van der Waals surface area (Å²) in [6.07, 6.45) is 0.903. The molecule has 19 heavy (non-hydrogen) atoms. The van der Waals surface area contributed by atoms with Crippen LogP contribution < -0.4 is 5.73 Å². The van der Waals surface area contributed by atoms with E-state index in [1.165, 1.54) is 0 Å². The zero-order valence-electron chi connectivity index (χ0n) is 10.6. The number of nitrogens with two attached hydrogens (primary N) is 1. The first-order valence-corrected chi connectivity index (χ1v) is 6.63. The van der Waals surface area contributed by atoms with Crippen LogP contribution in [0.5, 0.6) is 0 Å². The summed E-state index contributed by atoms with van der Waals surface area (Å²) in [5.41, 5.74) is 9.63. The van der Waals surface area contributed by atoms with Crippen LogP contribution in [0.3, 0.4) is 0 Å². The van der Waals surface area contributed by atoms with Crippen molar-refractivity contribution in [3.8, 4) is 11.3 Å². The minimum atomic E-state index is 0.634. The molecule has 0 spiro atoms. The van der Waals surface area contributed by atoms with E-state index in [2.05, 4.69) is 13.0 Å². The van der Waals surface area contributed by atoms with Crippen molar-refractivity contribution < 1.29 is 4.42 Å². The van der Waals surface area contributed by atoms with Crippen LogP contribution in [0.4, 0.5) is 5.69 Å². The summed E-state index contributed by atoms with van der Waals surface area (Å²) < 4.78 is 5.85. The first kappa shape index (κ1) is 12.1. The lowest BCUT2D eigenvalue weighted by molar-refractivity contribution is 0.631. The van der Waals surface area contributed by atoms with Gasteiger partial charge in [0.2, 0.25) is 0 Å². The van der Waals surface area contributed by atoms with Gasteiger partial charge in [-0.15, -0.1) is 0 Å². The SMILES string of the molecule is CCc1cc(-c2cc3cccc(Cl)c3o2)ccc1N. The molecular weight excluding hydrogens is 258 g/mol. The fourth-order valence-electron chi connectivity index (χ4n) is 2.23. The van der Waals surface area contributed by atoms with E-state index in [1.807, 2.05) is 36.4 Å². The molecule has 0 aliphatic carbocycles. The van der Waals surface area contributed by atoms with Gasteiger partial charge in [0, 0.05) is 16.6 Å². The highest BCUT2D eigenvalue weighted by molar-refractivity contribution is 6.34. The van der Waals surface area contributed by atoms with E-state index >= 15 is 0 Å². The largest absolute Gasteiger partial charge is 0.455 e. The molecule has 2 nitrogen and oxygen atoms in total. The average molecular weight is 272 g/mol. The predicted molar refractivity (Wildman–Crippen MR) is 80.5 cm³/mol. The second kappa shape index (κ2) is 4.63. The van der Waals surface area contributed by atoms with Gasteiger partial charge in [0.15, 0.2) is 5.58 Å². The van der Waals surface area contributed by atoms with Crippen molar-refractivity contribution in [2.45, 2.75) is 13.3 Å². The van der Waals surface area contributed by atoms with Crippen LogP contribution in [-0.4, -0.2) is 0 Å². The molecule has 3 aromatic rings. The summed E-state index contributed by atoms with van der Waals surface area (Å²) in [4.78, 5) is 0. The minimum absolute atomic E-state index is 0.634. The number of halogens is 1. The Hall–Kier alpha value is -1.93. The molecular formula is C16H14ClNO. The zero-order chi connectivity index (χ0) is 13.4. The number of hydrogen-bond donors (Lipinski definition) is 1. The lowest BCUT2D eigenvalue weighted by atomic mass is 10.0. The Morgan fingerprint density at radius 2 is 2.00 bits per heavy atom. The molecule has 0 saturated carbocycles. The maximum Gasteiger partial charge on any atom is 0.153 e. The standard InChI is InChI=1S/C16H14ClNO/c1-2-10-8-11(6-7-14(10)18)15-9-12-4-3-5-13(17)16(12)19-15/h3-9H,2,18H2,1H3. The van der Waals surface area contributed by atoms with Crippen molar-refractivity contribution in [2.24, 2.45) is 0 Å². The Labute approximate surface area is 116 Å². The molecule has 0 fully saturated rings. The van der Waals surface area contributed by atoms with E-state index in [0.29, 0.717) is 5.02 Å². The summed E-state index contributed by atoms with van der Waals surface area (Å²) >= 11 is 6.13. The molecule has 0 bridgehead atoms. The fraction of sp³-hybridized carbons (Fsp3) is 0.125. The molecule has 0 aliphatic rings. The quantitative estimate of drug-likeness (QED) is 0.674. The summed E-state index contributed by atoms with van der Waals surface area (Å²) in [5.74, 6) is 0.817. The van der Waals surface area contributed by atoms with Crippen molar-refractivity contribution >= 4 is 28.3 Å². The summed E-state index contributed by atoms with van der Waals surface area (Å²) in [6.45, 7) is 2.09. The second-order valence-electron chi connectivity index (χ2n) is 4.54. The Bertz CT molecular complexity index is 746. The minimum Gasteiger partial charge on any atom is -0.455 e. The van der Waals surface area contributed by atoms with Gasteiger partial charge < -0.3 is 10.2 Å². The van der Waals surface area contributed by atoms with E-state index in [0.717, 1.165) is 40.0 Å². The highest BCUT2D eigenvalue weighted by Crippen LogP contribution is 2.33. The van der Waals surface area contributed by atoms with Crippen LogP contribution >= 0.6 is 11.6 Å². The van der Waals surface area contributed by atoms with Gasteiger partial charge in [-0.3, -0.25) is 0 Å². The second-order valence-corrected chi connectivity index (χ2v) is 4.94. The van der Waals surface area contributed by atoms with Crippen LogP contribution in [0.25, 0.3) is 22.3 Å². The van der Waals surface area contributed by atoms with Crippen LogP contribution in [-0.2, 0) is 6.42 Å². The third kappa shape index (κ3) is 2.08. The van der Waals surface area contributed by atoms with Gasteiger partial charge in [-0.2, -0.15) is 0 Å². The summed E-state index contributed by atoms with van der Waals surface area (Å²) in [7, 11) is 0. The van der Waals surface area contributed by atoms with Crippen LogP contribution in [0.1, 0.15) is 12.5 Å². The van der Waals surface area contributed by atoms with E-state index in [9.17, 15) is 0 Å². The average Bonchev–Trinajstić information content (AvgIpc) is 2.85. The maximum absolute atomic E-state index is 6.13. The Balaban J connectivity index is 2.16. The number of hydrogen-bond acceptors (Lipinski definition) is 2. The third-order valence-corrected chi connectivity index (χ3v) is 3.60. The normalized spacial score (nSPS) is 11.1. The van der Waals surface area contributed by atoms with Crippen LogP contribution in [0.15, 0.2) is 46.9 Å². The monoisotopic (exact) mass is 271 g/mol. The molecule has 0 atom stereocenters. The van der Waals surface area contributed by atoms with Gasteiger partial charge in [0.05, 0.1) is 5.02 Å². The summed E-state index contributed by atoms with van der Waals surface area (Å²) in [6, 6.07) is 13.7. The van der Waals surface area contributed by atoms with Gasteiger partial charge in [0.25, 0.3) is 0 Å². The number of anilines is 1. The van der Waals surface area contributed by atoms with Gasteiger partial charge >= 0.3 is 0 Å². The Kier molecular flexibility index (Phi) is 2.96. The van der Waals surface area contributed by atoms with Crippen molar-refractivity contribution in [3.05, 3.63) is 53.1 Å². The number of rotatable bonds is 2. The number of aryl methyl sites for hydroxylation is 1. The van der Waals surface area contributed by atoms with Gasteiger partial charge in [-0.05, 0) is 42.3 Å². The number of para-hydroxylation sites is 1. The number of benzene rings is 2.